The molecule has 0 radical (unpaired) electrons. The highest BCUT2D eigenvalue weighted by molar-refractivity contribution is 5.56. The van der Waals surface area contributed by atoms with Crippen molar-refractivity contribution in [2.45, 2.75) is 64.8 Å². The average molecular weight is 314 g/mol. The van der Waals surface area contributed by atoms with Gasteiger partial charge in [0, 0.05) is 30.9 Å². The van der Waals surface area contributed by atoms with Crippen LogP contribution in [0.5, 0.6) is 0 Å². The van der Waals surface area contributed by atoms with E-state index in [-0.39, 0.29) is 0 Å². The number of fused-ring (bicyclic) bond motifs is 2. The minimum atomic E-state index is 0.405. The summed E-state index contributed by atoms with van der Waals surface area (Å²) in [5.41, 5.74) is 2.16. The Kier molecular flexibility index (Phi) is 3.54. The second-order valence-corrected chi connectivity index (χ2v) is 8.71. The number of hydrogen-bond acceptors (Lipinski definition) is 2. The van der Waals surface area contributed by atoms with E-state index in [2.05, 4.69) is 42.0 Å². The normalized spacial score (nSPS) is 37.1. The van der Waals surface area contributed by atoms with Crippen LogP contribution in [0.15, 0.2) is 17.5 Å². The van der Waals surface area contributed by atoms with Crippen LogP contribution < -0.4 is 0 Å². The van der Waals surface area contributed by atoms with Crippen molar-refractivity contribution < 1.29 is 0 Å². The molecule has 2 aliphatic carbocycles. The van der Waals surface area contributed by atoms with Crippen LogP contribution in [0.4, 0.5) is 0 Å². The van der Waals surface area contributed by atoms with E-state index in [1.54, 1.807) is 6.33 Å². The molecule has 2 bridgehead atoms. The molecule has 4 rings (SSSR count). The van der Waals surface area contributed by atoms with Crippen LogP contribution in [0.1, 0.15) is 64.5 Å². The molecule has 1 aliphatic heterocycles. The highest BCUT2D eigenvalue weighted by Crippen LogP contribution is 2.66. The third-order valence-corrected chi connectivity index (χ3v) is 7.65. The number of piperidine rings is 1. The zero-order valence-corrected chi connectivity index (χ0v) is 14.8. The summed E-state index contributed by atoms with van der Waals surface area (Å²) >= 11 is 0. The van der Waals surface area contributed by atoms with Crippen LogP contribution in [0.3, 0.4) is 0 Å². The van der Waals surface area contributed by atoms with Gasteiger partial charge in [-0.2, -0.15) is 0 Å². The molecule has 0 aromatic carbocycles. The number of imidazole rings is 1. The van der Waals surface area contributed by atoms with Crippen molar-refractivity contribution in [3.05, 3.63) is 18.2 Å². The second kappa shape index (κ2) is 5.35. The molecule has 0 amide bonds. The van der Waals surface area contributed by atoms with Crippen molar-refractivity contribution in [1.82, 2.24) is 14.9 Å². The minimum absolute atomic E-state index is 0.405. The molecule has 23 heavy (non-hydrogen) atoms. The molecule has 4 heteroatoms. The fraction of sp³-hybridized carbons (Fsp3) is 0.789. The molecule has 1 aromatic rings. The number of nitrogens with one attached hydrogen (secondary N) is 1. The predicted molar refractivity (Wildman–Crippen MR) is 93.6 cm³/mol. The first-order valence-electron chi connectivity index (χ1n) is 9.26. The lowest BCUT2D eigenvalue weighted by molar-refractivity contribution is 0.136. The van der Waals surface area contributed by atoms with Crippen LogP contribution in [0.2, 0.25) is 0 Å². The maximum absolute atomic E-state index is 5.07. The van der Waals surface area contributed by atoms with Crippen LogP contribution in [0.25, 0.3) is 0 Å². The molecule has 0 unspecified atom stereocenters. The number of aliphatic imine (C=N–C) groups is 1. The summed E-state index contributed by atoms with van der Waals surface area (Å²) in [4.78, 5) is 14.9. The van der Waals surface area contributed by atoms with Crippen LogP contribution in [-0.4, -0.2) is 40.3 Å². The Morgan fingerprint density at radius 1 is 1.26 bits per heavy atom. The lowest BCUT2D eigenvalue weighted by Crippen LogP contribution is -2.36. The molecule has 0 spiro atoms. The van der Waals surface area contributed by atoms with Gasteiger partial charge in [-0.3, -0.25) is 4.99 Å². The van der Waals surface area contributed by atoms with Crippen molar-refractivity contribution in [2.75, 3.05) is 13.1 Å². The maximum Gasteiger partial charge on any atom is 0.0921 e. The van der Waals surface area contributed by atoms with Crippen molar-refractivity contribution in [2.24, 2.45) is 21.7 Å². The monoisotopic (exact) mass is 314 g/mol. The Morgan fingerprint density at radius 3 is 2.61 bits per heavy atom. The fourth-order valence-corrected chi connectivity index (χ4v) is 5.38. The Balaban J connectivity index is 1.36. The standard InChI is InChI=1S/C19H30N4/c1-18(2)15-4-7-19(18,3)17(10-15)22-13-23-8-5-14(6-9-23)16-11-20-12-21-16/h11-15,17H,4-10H2,1-3H3,(H,20,21)/t15-,17+,19+/m1/s1. The number of aromatic nitrogens is 2. The number of H-pyrrole nitrogens is 1. The van der Waals surface area contributed by atoms with Gasteiger partial charge < -0.3 is 9.88 Å². The van der Waals surface area contributed by atoms with E-state index < -0.39 is 0 Å². The van der Waals surface area contributed by atoms with Crippen molar-refractivity contribution in [3.63, 3.8) is 0 Å². The molecule has 4 nitrogen and oxygen atoms in total. The van der Waals surface area contributed by atoms with E-state index in [1.165, 1.54) is 37.8 Å². The molecule has 1 saturated heterocycles. The van der Waals surface area contributed by atoms with Gasteiger partial charge in [0.2, 0.25) is 0 Å². The van der Waals surface area contributed by atoms with Gasteiger partial charge in [-0.1, -0.05) is 20.8 Å². The highest BCUT2D eigenvalue weighted by Gasteiger charge is 2.61. The van der Waals surface area contributed by atoms with Gasteiger partial charge >= 0.3 is 0 Å². The van der Waals surface area contributed by atoms with Gasteiger partial charge in [0.05, 0.1) is 18.7 Å². The summed E-state index contributed by atoms with van der Waals surface area (Å²) in [6.07, 6.45) is 12.4. The fourth-order valence-electron chi connectivity index (χ4n) is 5.38. The first-order chi connectivity index (χ1) is 11.0. The minimum Gasteiger partial charge on any atom is -0.363 e. The molecular weight excluding hydrogens is 284 g/mol. The zero-order chi connectivity index (χ0) is 16.1. The van der Waals surface area contributed by atoms with Crippen molar-refractivity contribution >= 4 is 6.34 Å². The number of hydrogen-bond donors (Lipinski definition) is 1. The Labute approximate surface area is 139 Å². The lowest BCUT2D eigenvalue weighted by atomic mass is 9.69. The molecule has 2 heterocycles. The van der Waals surface area contributed by atoms with E-state index in [0.29, 0.717) is 22.8 Å². The van der Waals surface area contributed by atoms with Crippen molar-refractivity contribution in [3.8, 4) is 0 Å². The summed E-state index contributed by atoms with van der Waals surface area (Å²) in [7, 11) is 0. The summed E-state index contributed by atoms with van der Waals surface area (Å²) in [5.74, 6) is 1.52. The van der Waals surface area contributed by atoms with Crippen LogP contribution in [-0.2, 0) is 0 Å². The summed E-state index contributed by atoms with van der Waals surface area (Å²) in [5, 5.41) is 0. The van der Waals surface area contributed by atoms with Gasteiger partial charge in [0.1, 0.15) is 0 Å². The Bertz CT molecular complexity index is 568. The second-order valence-electron chi connectivity index (χ2n) is 8.71. The largest absolute Gasteiger partial charge is 0.363 e. The lowest BCUT2D eigenvalue weighted by Gasteiger charge is -2.38. The van der Waals surface area contributed by atoms with Crippen LogP contribution in [0, 0.1) is 16.7 Å². The first kappa shape index (κ1) is 15.2. The number of nitrogens with zero attached hydrogens (tertiary/aromatic N) is 3. The summed E-state index contributed by atoms with van der Waals surface area (Å²) in [6.45, 7) is 9.64. The smallest absolute Gasteiger partial charge is 0.0921 e. The van der Waals surface area contributed by atoms with Gasteiger partial charge in [-0.25, -0.2) is 4.98 Å². The predicted octanol–water partition coefficient (Wildman–Crippen LogP) is 3.83. The third kappa shape index (κ3) is 2.33. The molecule has 3 aliphatic rings. The van der Waals surface area contributed by atoms with E-state index in [9.17, 15) is 0 Å². The van der Waals surface area contributed by atoms with Crippen LogP contribution >= 0.6 is 0 Å². The Hall–Kier alpha value is -1.32. The number of rotatable bonds is 3. The summed E-state index contributed by atoms with van der Waals surface area (Å²) in [6, 6.07) is 0.529. The molecule has 126 valence electrons. The molecular formula is C19H30N4. The third-order valence-electron chi connectivity index (χ3n) is 7.65. The quantitative estimate of drug-likeness (QED) is 0.680. The van der Waals surface area contributed by atoms with E-state index in [4.69, 9.17) is 4.99 Å². The number of aromatic amines is 1. The molecule has 3 fully saturated rings. The SMILES string of the molecule is CC1(C)[C@@H]2CC[C@@]1(C)[C@@H](N=CN1CCC(c3cnc[nH]3)CC1)C2. The molecule has 3 atom stereocenters. The number of likely N-dealkylation sites (tertiary alicyclic amines) is 1. The molecule has 1 N–H and O–H groups in total. The summed E-state index contributed by atoms with van der Waals surface area (Å²) < 4.78 is 0. The van der Waals surface area contributed by atoms with E-state index in [1.807, 2.05) is 6.20 Å². The van der Waals surface area contributed by atoms with Gasteiger partial charge in [0.15, 0.2) is 0 Å². The van der Waals surface area contributed by atoms with Gasteiger partial charge in [0.25, 0.3) is 0 Å². The van der Waals surface area contributed by atoms with E-state index in [0.717, 1.165) is 19.0 Å². The van der Waals surface area contributed by atoms with Crippen molar-refractivity contribution in [1.29, 1.82) is 0 Å². The topological polar surface area (TPSA) is 44.3 Å². The maximum atomic E-state index is 5.07. The first-order valence-corrected chi connectivity index (χ1v) is 9.26. The van der Waals surface area contributed by atoms with E-state index >= 15 is 0 Å². The zero-order valence-electron chi connectivity index (χ0n) is 14.8. The average Bonchev–Trinajstić information content (AvgIpc) is 3.19. The highest BCUT2D eigenvalue weighted by atomic mass is 15.2. The van der Waals surface area contributed by atoms with Gasteiger partial charge in [-0.05, 0) is 48.9 Å². The molecule has 1 aromatic heterocycles. The van der Waals surface area contributed by atoms with Gasteiger partial charge in [-0.15, -0.1) is 0 Å². The molecule has 2 saturated carbocycles. The Morgan fingerprint density at radius 2 is 2.04 bits per heavy atom.